The molecule has 27 heavy (non-hydrogen) atoms. The van der Waals surface area contributed by atoms with Gasteiger partial charge in [-0.2, -0.15) is 0 Å². The van der Waals surface area contributed by atoms with Crippen LogP contribution in [0.2, 0.25) is 5.02 Å². The van der Waals surface area contributed by atoms with Gasteiger partial charge in [-0.25, -0.2) is 4.79 Å². The number of carbonyl (C=O) groups is 1. The van der Waals surface area contributed by atoms with E-state index in [0.717, 1.165) is 11.3 Å². The van der Waals surface area contributed by atoms with Gasteiger partial charge in [-0.15, -0.1) is 0 Å². The second kappa shape index (κ2) is 10.1. The maximum absolute atomic E-state index is 11.7. The van der Waals surface area contributed by atoms with Crippen molar-refractivity contribution in [2.45, 2.75) is 40.3 Å². The zero-order valence-corrected chi connectivity index (χ0v) is 16.9. The van der Waals surface area contributed by atoms with Gasteiger partial charge < -0.3 is 19.5 Å². The minimum atomic E-state index is -0.321. The van der Waals surface area contributed by atoms with Crippen LogP contribution in [0.3, 0.4) is 0 Å². The Kier molecular flexibility index (Phi) is 7.80. The Bertz CT molecular complexity index is 760. The number of nitrogens with one attached hydrogen (secondary N) is 1. The smallest absolute Gasteiger partial charge is 0.338 e. The molecule has 0 amide bonds. The van der Waals surface area contributed by atoms with Gasteiger partial charge in [0.15, 0.2) is 11.5 Å². The van der Waals surface area contributed by atoms with Crippen LogP contribution in [0.4, 0.5) is 5.69 Å². The molecule has 0 fully saturated rings. The quantitative estimate of drug-likeness (QED) is 0.586. The summed E-state index contributed by atoms with van der Waals surface area (Å²) in [4.78, 5) is 11.7. The van der Waals surface area contributed by atoms with E-state index in [4.69, 9.17) is 25.8 Å². The van der Waals surface area contributed by atoms with E-state index in [0.29, 0.717) is 41.8 Å². The number of hydrogen-bond donors (Lipinski definition) is 1. The lowest BCUT2D eigenvalue weighted by molar-refractivity contribution is 0.0526. The molecule has 0 heterocycles. The van der Waals surface area contributed by atoms with E-state index in [9.17, 15) is 4.79 Å². The van der Waals surface area contributed by atoms with Crippen LogP contribution < -0.4 is 14.8 Å². The van der Waals surface area contributed by atoms with Gasteiger partial charge in [0.25, 0.3) is 0 Å². The predicted molar refractivity (Wildman–Crippen MR) is 108 cm³/mol. The molecule has 0 saturated heterocycles. The SMILES string of the molecule is CCOC(=O)c1ccc(NCc2cc(Cl)c(OC(C)C)c(OCC)c2)cc1. The maximum atomic E-state index is 11.7. The van der Waals surface area contributed by atoms with E-state index in [-0.39, 0.29) is 12.1 Å². The van der Waals surface area contributed by atoms with Crippen molar-refractivity contribution in [2.24, 2.45) is 0 Å². The van der Waals surface area contributed by atoms with Crippen molar-refractivity contribution in [3.63, 3.8) is 0 Å². The highest BCUT2D eigenvalue weighted by atomic mass is 35.5. The number of benzene rings is 2. The molecule has 0 bridgehead atoms. The minimum absolute atomic E-state index is 0.00333. The summed E-state index contributed by atoms with van der Waals surface area (Å²) >= 11 is 6.40. The van der Waals surface area contributed by atoms with E-state index in [1.54, 1.807) is 19.1 Å². The van der Waals surface area contributed by atoms with Crippen molar-refractivity contribution in [1.82, 2.24) is 0 Å². The van der Waals surface area contributed by atoms with Crippen LogP contribution in [0, 0.1) is 0 Å². The van der Waals surface area contributed by atoms with E-state index in [1.807, 2.05) is 45.0 Å². The number of anilines is 1. The molecule has 0 saturated carbocycles. The van der Waals surface area contributed by atoms with Gasteiger partial charge in [0, 0.05) is 12.2 Å². The summed E-state index contributed by atoms with van der Waals surface area (Å²) in [6.45, 7) is 9.04. The third-order valence-electron chi connectivity index (χ3n) is 3.62. The zero-order valence-electron chi connectivity index (χ0n) is 16.2. The first-order valence-electron chi connectivity index (χ1n) is 9.07. The highest BCUT2D eigenvalue weighted by molar-refractivity contribution is 6.32. The molecule has 0 radical (unpaired) electrons. The average Bonchev–Trinajstić information content (AvgIpc) is 2.63. The summed E-state index contributed by atoms with van der Waals surface area (Å²) < 4.78 is 16.5. The van der Waals surface area contributed by atoms with E-state index >= 15 is 0 Å². The predicted octanol–water partition coefficient (Wildman–Crippen LogP) is 5.31. The summed E-state index contributed by atoms with van der Waals surface area (Å²) in [5.74, 6) is 0.877. The molecule has 146 valence electrons. The molecule has 2 aromatic carbocycles. The van der Waals surface area contributed by atoms with Gasteiger partial charge in [-0.1, -0.05) is 11.6 Å². The molecule has 0 aromatic heterocycles. The van der Waals surface area contributed by atoms with Crippen molar-refractivity contribution in [2.75, 3.05) is 18.5 Å². The van der Waals surface area contributed by atoms with Crippen LogP contribution in [0.1, 0.15) is 43.6 Å². The van der Waals surface area contributed by atoms with Crippen LogP contribution in [0.25, 0.3) is 0 Å². The van der Waals surface area contributed by atoms with Crippen molar-refractivity contribution in [1.29, 1.82) is 0 Å². The van der Waals surface area contributed by atoms with Crippen molar-refractivity contribution in [3.05, 3.63) is 52.5 Å². The molecule has 0 unspecified atom stereocenters. The van der Waals surface area contributed by atoms with Gasteiger partial charge in [0.05, 0.1) is 29.9 Å². The highest BCUT2D eigenvalue weighted by Crippen LogP contribution is 2.37. The van der Waals surface area contributed by atoms with Gasteiger partial charge >= 0.3 is 5.97 Å². The molecule has 6 heteroatoms. The molecule has 0 aliphatic rings. The Morgan fingerprint density at radius 3 is 2.41 bits per heavy atom. The summed E-state index contributed by atoms with van der Waals surface area (Å²) in [5.41, 5.74) is 2.38. The summed E-state index contributed by atoms with van der Waals surface area (Å²) in [6, 6.07) is 10.9. The third-order valence-corrected chi connectivity index (χ3v) is 3.90. The molecule has 0 aliphatic heterocycles. The fourth-order valence-electron chi connectivity index (χ4n) is 2.48. The second-order valence-corrected chi connectivity index (χ2v) is 6.56. The maximum Gasteiger partial charge on any atom is 0.338 e. The largest absolute Gasteiger partial charge is 0.490 e. The number of esters is 1. The Morgan fingerprint density at radius 2 is 1.81 bits per heavy atom. The average molecular weight is 392 g/mol. The highest BCUT2D eigenvalue weighted by Gasteiger charge is 2.14. The summed E-state index contributed by atoms with van der Waals surface area (Å²) in [6.07, 6.45) is 0.00333. The van der Waals surface area contributed by atoms with Crippen molar-refractivity contribution < 1.29 is 19.0 Å². The van der Waals surface area contributed by atoms with E-state index in [2.05, 4.69) is 5.32 Å². The number of ether oxygens (including phenoxy) is 3. The summed E-state index contributed by atoms with van der Waals surface area (Å²) in [5, 5.41) is 3.83. The topological polar surface area (TPSA) is 56.8 Å². The molecule has 0 aliphatic carbocycles. The molecular formula is C21H26ClNO4. The van der Waals surface area contributed by atoms with Crippen LogP contribution in [0.5, 0.6) is 11.5 Å². The van der Waals surface area contributed by atoms with Gasteiger partial charge in [0.1, 0.15) is 0 Å². The monoisotopic (exact) mass is 391 g/mol. The first kappa shape index (κ1) is 20.9. The van der Waals surface area contributed by atoms with Crippen LogP contribution >= 0.6 is 11.6 Å². The lowest BCUT2D eigenvalue weighted by Gasteiger charge is -2.17. The van der Waals surface area contributed by atoms with Gasteiger partial charge in [0.2, 0.25) is 0 Å². The van der Waals surface area contributed by atoms with Crippen LogP contribution in [0.15, 0.2) is 36.4 Å². The number of rotatable bonds is 9. The van der Waals surface area contributed by atoms with Crippen molar-refractivity contribution >= 4 is 23.3 Å². The molecule has 0 spiro atoms. The molecule has 2 aromatic rings. The third kappa shape index (κ3) is 6.07. The zero-order chi connectivity index (χ0) is 19.8. The normalized spacial score (nSPS) is 10.6. The first-order chi connectivity index (χ1) is 12.9. The fourth-order valence-corrected chi connectivity index (χ4v) is 2.76. The van der Waals surface area contributed by atoms with Gasteiger partial charge in [-0.3, -0.25) is 0 Å². The Labute approximate surface area is 165 Å². The van der Waals surface area contributed by atoms with E-state index < -0.39 is 0 Å². The Hall–Kier alpha value is -2.40. The Balaban J connectivity index is 2.09. The number of halogens is 1. The standard InChI is InChI=1S/C21H26ClNO4/c1-5-25-19-12-15(11-18(22)20(19)27-14(3)4)13-23-17-9-7-16(8-10-17)21(24)26-6-2/h7-12,14,23H,5-6,13H2,1-4H3. The van der Waals surface area contributed by atoms with Gasteiger partial charge in [-0.05, 0) is 69.7 Å². The molecular weight excluding hydrogens is 366 g/mol. The lowest BCUT2D eigenvalue weighted by Crippen LogP contribution is -2.09. The molecule has 2 rings (SSSR count). The minimum Gasteiger partial charge on any atom is -0.490 e. The number of hydrogen-bond acceptors (Lipinski definition) is 5. The molecule has 0 atom stereocenters. The lowest BCUT2D eigenvalue weighted by atomic mass is 10.1. The number of carbonyl (C=O) groups excluding carboxylic acids is 1. The fraction of sp³-hybridized carbons (Fsp3) is 0.381. The first-order valence-corrected chi connectivity index (χ1v) is 9.45. The Morgan fingerprint density at radius 1 is 1.11 bits per heavy atom. The van der Waals surface area contributed by atoms with Crippen LogP contribution in [-0.4, -0.2) is 25.3 Å². The second-order valence-electron chi connectivity index (χ2n) is 6.16. The molecule has 5 nitrogen and oxygen atoms in total. The summed E-state index contributed by atoms with van der Waals surface area (Å²) in [7, 11) is 0. The van der Waals surface area contributed by atoms with Crippen molar-refractivity contribution in [3.8, 4) is 11.5 Å². The van der Waals surface area contributed by atoms with E-state index in [1.165, 1.54) is 0 Å². The molecule has 1 N–H and O–H groups in total. The van der Waals surface area contributed by atoms with Crippen LogP contribution in [-0.2, 0) is 11.3 Å².